The average Bonchev–Trinajstić information content (AvgIpc) is 3.40. The van der Waals surface area contributed by atoms with Crippen LogP contribution in [0, 0.1) is 11.7 Å². The van der Waals surface area contributed by atoms with Crippen molar-refractivity contribution in [2.24, 2.45) is 5.92 Å². The Labute approximate surface area is 135 Å². The number of hydrogen-bond acceptors (Lipinski definition) is 1. The number of amides is 2. The normalized spacial score (nSPS) is 15.0. The van der Waals surface area contributed by atoms with E-state index in [1.807, 2.05) is 30.3 Å². The molecule has 23 heavy (non-hydrogen) atoms. The molecule has 0 radical (unpaired) electrons. The smallest absolute Gasteiger partial charge is 0.315 e. The number of benzene rings is 2. The topological polar surface area (TPSA) is 41.1 Å². The van der Waals surface area contributed by atoms with E-state index in [-0.39, 0.29) is 17.9 Å². The van der Waals surface area contributed by atoms with Crippen molar-refractivity contribution in [1.82, 2.24) is 10.6 Å². The van der Waals surface area contributed by atoms with Crippen LogP contribution in [0.1, 0.15) is 30.0 Å². The van der Waals surface area contributed by atoms with Crippen molar-refractivity contribution in [1.29, 1.82) is 0 Å². The van der Waals surface area contributed by atoms with Gasteiger partial charge in [0, 0.05) is 6.54 Å². The Kier molecular flexibility index (Phi) is 4.91. The second-order valence-corrected chi connectivity index (χ2v) is 5.97. The number of carbonyl (C=O) groups excluding carboxylic acids is 1. The monoisotopic (exact) mass is 312 g/mol. The van der Waals surface area contributed by atoms with Gasteiger partial charge >= 0.3 is 6.03 Å². The molecule has 1 fully saturated rings. The van der Waals surface area contributed by atoms with Crippen LogP contribution in [0.3, 0.4) is 0 Å². The minimum atomic E-state index is -0.227. The second-order valence-electron chi connectivity index (χ2n) is 5.97. The summed E-state index contributed by atoms with van der Waals surface area (Å²) < 4.78 is 13.5. The third-order valence-electron chi connectivity index (χ3n) is 4.18. The Balaban J connectivity index is 1.51. The fourth-order valence-corrected chi connectivity index (χ4v) is 2.77. The molecular formula is C19H21FN2O. The molecule has 3 nitrogen and oxygen atoms in total. The fourth-order valence-electron chi connectivity index (χ4n) is 2.77. The van der Waals surface area contributed by atoms with E-state index in [2.05, 4.69) is 10.6 Å². The van der Waals surface area contributed by atoms with Crippen LogP contribution >= 0.6 is 0 Å². The van der Waals surface area contributed by atoms with Gasteiger partial charge in [0.1, 0.15) is 5.82 Å². The maximum Gasteiger partial charge on any atom is 0.315 e. The molecule has 2 aromatic carbocycles. The van der Waals surface area contributed by atoms with Crippen LogP contribution in [0.5, 0.6) is 0 Å². The molecule has 4 heteroatoms. The molecular weight excluding hydrogens is 291 g/mol. The summed E-state index contributed by atoms with van der Waals surface area (Å²) >= 11 is 0. The number of halogens is 1. The highest BCUT2D eigenvalue weighted by atomic mass is 19.1. The van der Waals surface area contributed by atoms with E-state index in [1.54, 1.807) is 18.2 Å². The van der Waals surface area contributed by atoms with Crippen molar-refractivity contribution in [2.75, 3.05) is 6.54 Å². The highest BCUT2D eigenvalue weighted by Gasteiger charge is 2.33. The van der Waals surface area contributed by atoms with Crippen LogP contribution in [0.2, 0.25) is 0 Å². The standard InChI is InChI=1S/C19H21FN2O/c20-17-9-5-4-6-14(17)12-13-21-19(23)22-18(16-10-11-16)15-7-2-1-3-8-15/h1-9,16,18H,10-13H2,(H2,21,22,23). The molecule has 0 bridgehead atoms. The van der Waals surface area contributed by atoms with Gasteiger partial charge in [-0.1, -0.05) is 48.5 Å². The van der Waals surface area contributed by atoms with Gasteiger partial charge in [0.15, 0.2) is 0 Å². The number of nitrogens with one attached hydrogen (secondary N) is 2. The van der Waals surface area contributed by atoms with Crippen LogP contribution in [-0.2, 0) is 6.42 Å². The molecule has 1 atom stereocenters. The van der Waals surface area contributed by atoms with E-state index in [4.69, 9.17) is 0 Å². The van der Waals surface area contributed by atoms with Crippen LogP contribution in [0.25, 0.3) is 0 Å². The van der Waals surface area contributed by atoms with Gasteiger partial charge in [0.05, 0.1) is 6.04 Å². The Hall–Kier alpha value is -2.36. The lowest BCUT2D eigenvalue weighted by Crippen LogP contribution is -2.39. The molecule has 1 aliphatic carbocycles. The molecule has 0 heterocycles. The maximum atomic E-state index is 13.5. The number of hydrogen-bond donors (Lipinski definition) is 2. The summed E-state index contributed by atoms with van der Waals surface area (Å²) in [5, 5.41) is 5.88. The lowest BCUT2D eigenvalue weighted by Gasteiger charge is -2.19. The summed E-state index contributed by atoms with van der Waals surface area (Å²) in [4.78, 5) is 12.1. The molecule has 2 aromatic rings. The SMILES string of the molecule is O=C(NCCc1ccccc1F)NC(c1ccccc1)C1CC1. The molecule has 2 N–H and O–H groups in total. The van der Waals surface area contributed by atoms with Gasteiger partial charge in [-0.2, -0.15) is 0 Å². The molecule has 3 rings (SSSR count). The molecule has 2 amide bonds. The molecule has 1 unspecified atom stereocenters. The van der Waals surface area contributed by atoms with Crippen LogP contribution in [-0.4, -0.2) is 12.6 Å². The third kappa shape index (κ3) is 4.31. The Morgan fingerprint density at radius 3 is 2.48 bits per heavy atom. The molecule has 1 saturated carbocycles. The minimum absolute atomic E-state index is 0.0599. The van der Waals surface area contributed by atoms with Crippen LogP contribution in [0.4, 0.5) is 9.18 Å². The highest BCUT2D eigenvalue weighted by molar-refractivity contribution is 5.74. The predicted octanol–water partition coefficient (Wildman–Crippen LogP) is 3.82. The summed E-state index contributed by atoms with van der Waals surface area (Å²) in [5.74, 6) is 0.296. The summed E-state index contributed by atoms with van der Waals surface area (Å²) in [5.41, 5.74) is 1.76. The van der Waals surface area contributed by atoms with Crippen LogP contribution < -0.4 is 10.6 Å². The van der Waals surface area contributed by atoms with Gasteiger partial charge in [0.2, 0.25) is 0 Å². The van der Waals surface area contributed by atoms with Crippen molar-refractivity contribution in [3.8, 4) is 0 Å². The Morgan fingerprint density at radius 2 is 1.78 bits per heavy atom. The zero-order chi connectivity index (χ0) is 16.1. The Morgan fingerprint density at radius 1 is 1.09 bits per heavy atom. The zero-order valence-corrected chi connectivity index (χ0v) is 13.0. The van der Waals surface area contributed by atoms with E-state index in [1.165, 1.54) is 6.07 Å². The van der Waals surface area contributed by atoms with Gasteiger partial charge in [-0.3, -0.25) is 0 Å². The molecule has 120 valence electrons. The van der Waals surface area contributed by atoms with E-state index in [9.17, 15) is 9.18 Å². The first-order valence-corrected chi connectivity index (χ1v) is 8.07. The van der Waals surface area contributed by atoms with E-state index in [0.717, 1.165) is 18.4 Å². The van der Waals surface area contributed by atoms with E-state index < -0.39 is 0 Å². The minimum Gasteiger partial charge on any atom is -0.338 e. The summed E-state index contributed by atoms with van der Waals surface area (Å²) in [7, 11) is 0. The molecule has 0 aliphatic heterocycles. The first kappa shape index (κ1) is 15.5. The van der Waals surface area contributed by atoms with E-state index >= 15 is 0 Å². The third-order valence-corrected chi connectivity index (χ3v) is 4.18. The number of rotatable bonds is 6. The summed E-state index contributed by atoms with van der Waals surface area (Å²) in [6, 6.07) is 16.6. The number of carbonyl (C=O) groups is 1. The van der Waals surface area contributed by atoms with Gasteiger partial charge < -0.3 is 10.6 Å². The Bertz CT molecular complexity index is 655. The lowest BCUT2D eigenvalue weighted by molar-refractivity contribution is 0.235. The van der Waals surface area contributed by atoms with Gasteiger partial charge in [-0.05, 0) is 42.4 Å². The van der Waals surface area contributed by atoms with E-state index in [0.29, 0.717) is 24.4 Å². The highest BCUT2D eigenvalue weighted by Crippen LogP contribution is 2.40. The molecule has 0 saturated heterocycles. The zero-order valence-electron chi connectivity index (χ0n) is 13.0. The van der Waals surface area contributed by atoms with Gasteiger partial charge in [-0.25, -0.2) is 9.18 Å². The number of urea groups is 1. The predicted molar refractivity (Wildman–Crippen MR) is 88.5 cm³/mol. The molecule has 0 aromatic heterocycles. The largest absolute Gasteiger partial charge is 0.338 e. The van der Waals surface area contributed by atoms with Gasteiger partial charge in [-0.15, -0.1) is 0 Å². The van der Waals surface area contributed by atoms with Crippen molar-refractivity contribution >= 4 is 6.03 Å². The average molecular weight is 312 g/mol. The summed E-state index contributed by atoms with van der Waals surface area (Å²) in [6.07, 6.45) is 2.78. The van der Waals surface area contributed by atoms with Crippen molar-refractivity contribution in [3.05, 3.63) is 71.5 Å². The fraction of sp³-hybridized carbons (Fsp3) is 0.316. The molecule has 1 aliphatic rings. The quantitative estimate of drug-likeness (QED) is 0.836. The molecule has 0 spiro atoms. The van der Waals surface area contributed by atoms with Crippen molar-refractivity contribution in [2.45, 2.75) is 25.3 Å². The van der Waals surface area contributed by atoms with Crippen LogP contribution in [0.15, 0.2) is 54.6 Å². The second kappa shape index (κ2) is 7.27. The van der Waals surface area contributed by atoms with Gasteiger partial charge in [0.25, 0.3) is 0 Å². The van der Waals surface area contributed by atoms with Crippen molar-refractivity contribution in [3.63, 3.8) is 0 Å². The van der Waals surface area contributed by atoms with Crippen molar-refractivity contribution < 1.29 is 9.18 Å². The first-order valence-electron chi connectivity index (χ1n) is 8.07. The first-order chi connectivity index (χ1) is 11.2. The lowest BCUT2D eigenvalue weighted by atomic mass is 10.0. The summed E-state index contributed by atoms with van der Waals surface area (Å²) in [6.45, 7) is 0.416. The maximum absolute atomic E-state index is 13.5.